The molecule has 0 unspecified atom stereocenters. The van der Waals surface area contributed by atoms with Gasteiger partial charge in [-0.15, -0.1) is 0 Å². The molecule has 3 rings (SSSR count). The molecule has 2 fully saturated rings. The Morgan fingerprint density at radius 1 is 1.33 bits per heavy atom. The van der Waals surface area contributed by atoms with E-state index in [-0.39, 0.29) is 12.8 Å². The summed E-state index contributed by atoms with van der Waals surface area (Å²) in [7, 11) is 0. The predicted octanol–water partition coefficient (Wildman–Crippen LogP) is 0.849. The van der Waals surface area contributed by atoms with Gasteiger partial charge in [0.1, 0.15) is 6.23 Å². The third kappa shape index (κ3) is 1.63. The third-order valence-corrected chi connectivity index (χ3v) is 4.11. The van der Waals surface area contributed by atoms with E-state index in [2.05, 4.69) is 17.1 Å². The van der Waals surface area contributed by atoms with Crippen LogP contribution in [-0.4, -0.2) is 42.5 Å². The van der Waals surface area contributed by atoms with E-state index in [9.17, 15) is 0 Å². The Hall–Kier alpha value is -0.380. The van der Waals surface area contributed by atoms with E-state index >= 15 is 0 Å². The van der Waals surface area contributed by atoms with Gasteiger partial charge in [-0.3, -0.25) is 4.90 Å². The van der Waals surface area contributed by atoms with Crippen molar-refractivity contribution in [3.05, 3.63) is 12.2 Å². The Morgan fingerprint density at radius 2 is 2.27 bits per heavy atom. The Balaban J connectivity index is 1.68. The number of fused-ring (bicyclic) bond motifs is 2. The molecule has 0 aromatic carbocycles. The first-order valence-electron chi connectivity index (χ1n) is 6.03. The summed E-state index contributed by atoms with van der Waals surface area (Å²) in [6, 6.07) is 0. The first kappa shape index (κ1) is 9.82. The molecule has 1 N–H and O–H groups in total. The van der Waals surface area contributed by atoms with Crippen molar-refractivity contribution in [3.63, 3.8) is 0 Å². The first-order valence-corrected chi connectivity index (χ1v) is 6.03. The minimum atomic E-state index is 0.247. The summed E-state index contributed by atoms with van der Waals surface area (Å²) in [5.74, 6) is 2.22. The smallest absolute Gasteiger partial charge is 0.114 e. The second-order valence-electron chi connectivity index (χ2n) is 4.97. The zero-order valence-corrected chi connectivity index (χ0v) is 9.01. The molecule has 3 aliphatic rings. The summed E-state index contributed by atoms with van der Waals surface area (Å²) in [5.41, 5.74) is 0. The van der Waals surface area contributed by atoms with Crippen molar-refractivity contribution in [1.82, 2.24) is 4.90 Å². The Morgan fingerprint density at radius 3 is 2.93 bits per heavy atom. The molecule has 1 saturated heterocycles. The average Bonchev–Trinajstić information content (AvgIpc) is 2.91. The average molecular weight is 209 g/mol. The molecule has 0 aromatic heterocycles. The molecule has 0 aromatic rings. The summed E-state index contributed by atoms with van der Waals surface area (Å²) >= 11 is 0. The van der Waals surface area contributed by atoms with Crippen LogP contribution in [0.2, 0.25) is 0 Å². The lowest BCUT2D eigenvalue weighted by Crippen LogP contribution is -2.39. The molecule has 3 nitrogen and oxygen atoms in total. The molecule has 3 heteroatoms. The SMILES string of the molecule is OCCN1CCO[C@H]1[C@@H]1C[C@H]2C=C[C@H]1C2. The second-order valence-corrected chi connectivity index (χ2v) is 4.97. The highest BCUT2D eigenvalue weighted by molar-refractivity contribution is 5.11. The second kappa shape index (κ2) is 3.89. The fourth-order valence-electron chi connectivity index (χ4n) is 3.44. The molecule has 0 spiro atoms. The van der Waals surface area contributed by atoms with Gasteiger partial charge in [-0.2, -0.15) is 0 Å². The molecular formula is C12H19NO2. The van der Waals surface area contributed by atoms with Crippen molar-refractivity contribution < 1.29 is 9.84 Å². The zero-order chi connectivity index (χ0) is 10.3. The molecular weight excluding hydrogens is 190 g/mol. The maximum absolute atomic E-state index is 9.01. The summed E-state index contributed by atoms with van der Waals surface area (Å²) in [4.78, 5) is 2.30. The molecule has 1 heterocycles. The number of aliphatic hydroxyl groups excluding tert-OH is 1. The molecule has 4 atom stereocenters. The van der Waals surface area contributed by atoms with E-state index in [1.165, 1.54) is 12.8 Å². The van der Waals surface area contributed by atoms with Crippen LogP contribution in [0.25, 0.3) is 0 Å². The number of β-amino-alcohol motifs (C(OH)–C–C–N with tert-alkyl or cyclic N) is 1. The van der Waals surface area contributed by atoms with Gasteiger partial charge >= 0.3 is 0 Å². The van der Waals surface area contributed by atoms with Crippen molar-refractivity contribution in [2.24, 2.45) is 17.8 Å². The van der Waals surface area contributed by atoms with Crippen molar-refractivity contribution in [1.29, 1.82) is 0 Å². The van der Waals surface area contributed by atoms with Crippen LogP contribution >= 0.6 is 0 Å². The molecule has 2 bridgehead atoms. The van der Waals surface area contributed by atoms with E-state index in [0.717, 1.165) is 31.5 Å². The fraction of sp³-hybridized carbons (Fsp3) is 0.833. The van der Waals surface area contributed by atoms with Crippen LogP contribution in [0.5, 0.6) is 0 Å². The summed E-state index contributed by atoms with van der Waals surface area (Å²) < 4.78 is 5.84. The highest BCUT2D eigenvalue weighted by atomic mass is 16.5. The Bertz CT molecular complexity index is 266. The van der Waals surface area contributed by atoms with Gasteiger partial charge in [0.05, 0.1) is 13.2 Å². The van der Waals surface area contributed by atoms with Crippen LogP contribution in [0, 0.1) is 17.8 Å². The normalized spacial score (nSPS) is 44.3. The Kier molecular flexibility index (Phi) is 2.54. The van der Waals surface area contributed by atoms with Crippen LogP contribution < -0.4 is 0 Å². The number of hydrogen-bond donors (Lipinski definition) is 1. The number of aliphatic hydroxyl groups is 1. The Labute approximate surface area is 90.7 Å². The molecule has 1 saturated carbocycles. The van der Waals surface area contributed by atoms with E-state index in [1.807, 2.05) is 0 Å². The van der Waals surface area contributed by atoms with E-state index in [1.54, 1.807) is 0 Å². The van der Waals surface area contributed by atoms with Crippen molar-refractivity contribution in [2.45, 2.75) is 19.1 Å². The maximum Gasteiger partial charge on any atom is 0.114 e. The van der Waals surface area contributed by atoms with Gasteiger partial charge in [-0.1, -0.05) is 12.2 Å². The van der Waals surface area contributed by atoms with Crippen LogP contribution in [0.3, 0.4) is 0 Å². The van der Waals surface area contributed by atoms with E-state index in [0.29, 0.717) is 5.92 Å². The summed E-state index contributed by atoms with van der Waals surface area (Å²) in [6.07, 6.45) is 7.63. The standard InChI is InChI=1S/C12H19NO2/c14-5-3-13-4-6-15-12(13)11-8-9-1-2-10(11)7-9/h1-2,9-12,14H,3-8H2/t9-,10-,11+,12-/m0/s1. The minimum absolute atomic E-state index is 0.247. The molecule has 84 valence electrons. The van der Waals surface area contributed by atoms with Crippen molar-refractivity contribution in [3.8, 4) is 0 Å². The topological polar surface area (TPSA) is 32.7 Å². The molecule has 0 radical (unpaired) electrons. The van der Waals surface area contributed by atoms with Gasteiger partial charge in [-0.05, 0) is 24.7 Å². The van der Waals surface area contributed by atoms with Gasteiger partial charge in [-0.25, -0.2) is 0 Å². The van der Waals surface area contributed by atoms with Crippen molar-refractivity contribution >= 4 is 0 Å². The van der Waals surface area contributed by atoms with Gasteiger partial charge in [0.2, 0.25) is 0 Å². The van der Waals surface area contributed by atoms with Crippen LogP contribution in [0.4, 0.5) is 0 Å². The molecule has 15 heavy (non-hydrogen) atoms. The third-order valence-electron chi connectivity index (χ3n) is 4.11. The zero-order valence-electron chi connectivity index (χ0n) is 9.01. The highest BCUT2D eigenvalue weighted by Crippen LogP contribution is 2.46. The minimum Gasteiger partial charge on any atom is -0.395 e. The van der Waals surface area contributed by atoms with Gasteiger partial charge in [0.25, 0.3) is 0 Å². The number of hydrogen-bond acceptors (Lipinski definition) is 3. The van der Waals surface area contributed by atoms with Gasteiger partial charge < -0.3 is 9.84 Å². The lowest BCUT2D eigenvalue weighted by atomic mass is 9.91. The quantitative estimate of drug-likeness (QED) is 0.699. The fourth-order valence-corrected chi connectivity index (χ4v) is 3.44. The number of rotatable bonds is 3. The van der Waals surface area contributed by atoms with E-state index in [4.69, 9.17) is 9.84 Å². The summed E-state index contributed by atoms with van der Waals surface area (Å²) in [6.45, 7) is 2.84. The number of allylic oxidation sites excluding steroid dienone is 2. The highest BCUT2D eigenvalue weighted by Gasteiger charge is 2.44. The van der Waals surface area contributed by atoms with Gasteiger partial charge in [0, 0.05) is 19.0 Å². The van der Waals surface area contributed by atoms with E-state index < -0.39 is 0 Å². The monoisotopic (exact) mass is 209 g/mol. The maximum atomic E-state index is 9.01. The van der Waals surface area contributed by atoms with Crippen LogP contribution in [-0.2, 0) is 4.74 Å². The van der Waals surface area contributed by atoms with Gasteiger partial charge in [0.15, 0.2) is 0 Å². The molecule has 0 amide bonds. The summed E-state index contributed by atoms with van der Waals surface area (Å²) in [5, 5.41) is 9.01. The first-order chi connectivity index (χ1) is 7.38. The van der Waals surface area contributed by atoms with Crippen LogP contribution in [0.1, 0.15) is 12.8 Å². The lowest BCUT2D eigenvalue weighted by Gasteiger charge is -2.30. The molecule has 1 aliphatic heterocycles. The number of ether oxygens (including phenoxy) is 1. The van der Waals surface area contributed by atoms with Crippen LogP contribution in [0.15, 0.2) is 12.2 Å². The van der Waals surface area contributed by atoms with Crippen molar-refractivity contribution in [2.75, 3.05) is 26.3 Å². The largest absolute Gasteiger partial charge is 0.395 e. The molecule has 2 aliphatic carbocycles. The lowest BCUT2D eigenvalue weighted by molar-refractivity contribution is -0.0264. The predicted molar refractivity (Wildman–Crippen MR) is 57.2 cm³/mol. The number of nitrogens with zero attached hydrogens (tertiary/aromatic N) is 1.